The lowest BCUT2D eigenvalue weighted by atomic mass is 10.0. The highest BCUT2D eigenvalue weighted by Crippen LogP contribution is 2.20. The molecule has 1 aromatic heterocycles. The summed E-state index contributed by atoms with van der Waals surface area (Å²) < 4.78 is 2.14. The van der Waals surface area contributed by atoms with Gasteiger partial charge in [-0.15, -0.1) is 0 Å². The molecule has 1 atom stereocenters. The fourth-order valence-electron chi connectivity index (χ4n) is 5.08. The van der Waals surface area contributed by atoms with Crippen LogP contribution in [0.4, 0.5) is 0 Å². The second kappa shape index (κ2) is 16.4. The highest BCUT2D eigenvalue weighted by molar-refractivity contribution is 6.31. The Morgan fingerprint density at radius 3 is 2.29 bits per heavy atom. The zero-order valence-corrected chi connectivity index (χ0v) is 26.4. The van der Waals surface area contributed by atoms with Gasteiger partial charge in [-0.2, -0.15) is 0 Å². The number of unbranched alkanes of at least 4 members (excludes halogenated alkanes) is 3. The summed E-state index contributed by atoms with van der Waals surface area (Å²) in [6.07, 6.45) is 8.72. The van der Waals surface area contributed by atoms with Crippen LogP contribution in [-0.4, -0.2) is 45.3 Å². The van der Waals surface area contributed by atoms with Gasteiger partial charge in [0.1, 0.15) is 6.54 Å². The van der Waals surface area contributed by atoms with Crippen LogP contribution in [0.2, 0.25) is 5.02 Å². The molecule has 0 spiro atoms. The molecule has 41 heavy (non-hydrogen) atoms. The Hall–Kier alpha value is -3.05. The van der Waals surface area contributed by atoms with E-state index in [1.54, 1.807) is 4.90 Å². The standard InChI is InChI=1S/C35H48ClN3O2/c1-6-8-9-10-14-29-18-20-30(21-19-29)35(41)39(28(5)7-2)26-34(40)38(23-27(3)4)25-32-16-13-22-37(32)24-31-15-11-12-17-33(31)36/h11-13,15-22,27-28H,6-10,14,23-26H2,1-5H3. The third kappa shape index (κ3) is 9.78. The molecule has 0 saturated heterocycles. The Labute approximate surface area is 252 Å². The van der Waals surface area contributed by atoms with Crippen LogP contribution >= 0.6 is 11.6 Å². The lowest BCUT2D eigenvalue weighted by Gasteiger charge is -2.32. The lowest BCUT2D eigenvalue weighted by Crippen LogP contribution is -2.47. The lowest BCUT2D eigenvalue weighted by molar-refractivity contribution is -0.133. The molecular weight excluding hydrogens is 530 g/mol. The number of halogens is 1. The zero-order valence-electron chi connectivity index (χ0n) is 25.6. The molecule has 0 aliphatic heterocycles. The van der Waals surface area contributed by atoms with Gasteiger partial charge in [0.2, 0.25) is 5.91 Å². The van der Waals surface area contributed by atoms with E-state index in [2.05, 4.69) is 50.5 Å². The molecule has 0 N–H and O–H groups in total. The molecule has 2 amide bonds. The number of rotatable bonds is 16. The SMILES string of the molecule is CCCCCCc1ccc(C(=O)N(CC(=O)N(Cc2cccn2Cc2ccccc2Cl)CC(C)C)C(C)CC)cc1. The van der Waals surface area contributed by atoms with E-state index >= 15 is 0 Å². The van der Waals surface area contributed by atoms with Crippen LogP contribution < -0.4 is 0 Å². The molecule has 1 unspecified atom stereocenters. The zero-order chi connectivity index (χ0) is 29.8. The number of carbonyl (C=O) groups is 2. The van der Waals surface area contributed by atoms with Crippen molar-refractivity contribution in [2.24, 2.45) is 5.92 Å². The van der Waals surface area contributed by atoms with Crippen LogP contribution in [0.1, 0.15) is 93.9 Å². The Kier molecular flexibility index (Phi) is 13.0. The van der Waals surface area contributed by atoms with Crippen molar-refractivity contribution in [2.45, 2.75) is 92.3 Å². The van der Waals surface area contributed by atoms with Gasteiger partial charge in [0.25, 0.3) is 5.91 Å². The number of carbonyl (C=O) groups excluding carboxylic acids is 2. The fraction of sp³-hybridized carbons (Fsp3) is 0.486. The van der Waals surface area contributed by atoms with E-state index in [1.807, 2.05) is 60.5 Å². The van der Waals surface area contributed by atoms with E-state index in [0.29, 0.717) is 31.1 Å². The summed E-state index contributed by atoms with van der Waals surface area (Å²) in [5.74, 6) is 0.172. The Balaban J connectivity index is 1.74. The molecule has 0 bridgehead atoms. The predicted molar refractivity (Wildman–Crippen MR) is 170 cm³/mol. The Morgan fingerprint density at radius 1 is 0.902 bits per heavy atom. The molecule has 0 aliphatic carbocycles. The highest BCUT2D eigenvalue weighted by atomic mass is 35.5. The first-order chi connectivity index (χ1) is 19.7. The van der Waals surface area contributed by atoms with Crippen molar-refractivity contribution in [1.29, 1.82) is 0 Å². The molecule has 5 nitrogen and oxygen atoms in total. The number of amides is 2. The molecule has 222 valence electrons. The van der Waals surface area contributed by atoms with Gasteiger partial charge < -0.3 is 14.4 Å². The topological polar surface area (TPSA) is 45.6 Å². The van der Waals surface area contributed by atoms with E-state index in [-0.39, 0.29) is 24.4 Å². The third-order valence-corrected chi connectivity index (χ3v) is 8.09. The number of aromatic nitrogens is 1. The van der Waals surface area contributed by atoms with Gasteiger partial charge in [0.05, 0.1) is 6.54 Å². The largest absolute Gasteiger partial charge is 0.345 e. The van der Waals surface area contributed by atoms with Gasteiger partial charge in [0, 0.05) is 41.6 Å². The Morgan fingerprint density at radius 2 is 1.63 bits per heavy atom. The second-order valence-corrected chi connectivity index (χ2v) is 12.0. The van der Waals surface area contributed by atoms with Crippen LogP contribution in [0.25, 0.3) is 0 Å². The summed E-state index contributed by atoms with van der Waals surface area (Å²) in [4.78, 5) is 31.1. The molecule has 2 aromatic carbocycles. The van der Waals surface area contributed by atoms with Gasteiger partial charge in [-0.25, -0.2) is 0 Å². The molecule has 3 rings (SSSR count). The van der Waals surface area contributed by atoms with Crippen molar-refractivity contribution in [3.8, 4) is 0 Å². The summed E-state index contributed by atoms with van der Waals surface area (Å²) in [5, 5.41) is 0.731. The number of benzene rings is 2. The normalized spacial score (nSPS) is 12.0. The molecule has 3 aromatic rings. The average Bonchev–Trinajstić information content (AvgIpc) is 3.40. The van der Waals surface area contributed by atoms with Gasteiger partial charge in [-0.05, 0) is 73.6 Å². The number of hydrogen-bond donors (Lipinski definition) is 0. The van der Waals surface area contributed by atoms with Crippen LogP contribution in [-0.2, 0) is 24.3 Å². The molecule has 0 radical (unpaired) electrons. The maximum atomic E-state index is 13.8. The van der Waals surface area contributed by atoms with Gasteiger partial charge in [-0.3, -0.25) is 9.59 Å². The minimum absolute atomic E-state index is 0.0367. The summed E-state index contributed by atoms with van der Waals surface area (Å²) >= 11 is 6.43. The monoisotopic (exact) mass is 577 g/mol. The van der Waals surface area contributed by atoms with E-state index in [4.69, 9.17) is 11.6 Å². The molecule has 0 aliphatic rings. The van der Waals surface area contributed by atoms with Crippen molar-refractivity contribution < 1.29 is 9.59 Å². The van der Waals surface area contributed by atoms with Crippen molar-refractivity contribution >= 4 is 23.4 Å². The molecule has 0 saturated carbocycles. The Bertz CT molecular complexity index is 1230. The van der Waals surface area contributed by atoms with E-state index < -0.39 is 0 Å². The quantitative estimate of drug-likeness (QED) is 0.161. The van der Waals surface area contributed by atoms with E-state index in [0.717, 1.165) is 29.1 Å². The first-order valence-electron chi connectivity index (χ1n) is 15.3. The summed E-state index contributed by atoms with van der Waals surface area (Å²) in [5.41, 5.74) is 3.97. The van der Waals surface area contributed by atoms with Gasteiger partial charge >= 0.3 is 0 Å². The number of aryl methyl sites for hydroxylation is 1. The maximum Gasteiger partial charge on any atom is 0.254 e. The van der Waals surface area contributed by atoms with Gasteiger partial charge in [0.15, 0.2) is 0 Å². The summed E-state index contributed by atoms with van der Waals surface area (Å²) in [6.45, 7) is 12.3. The van der Waals surface area contributed by atoms with Crippen molar-refractivity contribution in [2.75, 3.05) is 13.1 Å². The maximum absolute atomic E-state index is 13.8. The van der Waals surface area contributed by atoms with Gasteiger partial charge in [-0.1, -0.05) is 88.9 Å². The molecule has 6 heteroatoms. The number of nitrogens with zero attached hydrogens (tertiary/aromatic N) is 3. The molecular formula is C35H48ClN3O2. The smallest absolute Gasteiger partial charge is 0.254 e. The number of hydrogen-bond acceptors (Lipinski definition) is 2. The first kappa shape index (κ1) is 32.5. The molecule has 0 fully saturated rings. The fourth-order valence-corrected chi connectivity index (χ4v) is 5.27. The highest BCUT2D eigenvalue weighted by Gasteiger charge is 2.26. The van der Waals surface area contributed by atoms with Crippen LogP contribution in [0, 0.1) is 5.92 Å². The van der Waals surface area contributed by atoms with Crippen LogP contribution in [0.3, 0.4) is 0 Å². The van der Waals surface area contributed by atoms with Crippen molar-refractivity contribution in [3.05, 3.63) is 94.3 Å². The van der Waals surface area contributed by atoms with E-state index in [9.17, 15) is 9.59 Å². The summed E-state index contributed by atoms with van der Waals surface area (Å²) in [7, 11) is 0. The first-order valence-corrected chi connectivity index (χ1v) is 15.7. The van der Waals surface area contributed by atoms with Crippen molar-refractivity contribution in [3.63, 3.8) is 0 Å². The predicted octanol–water partition coefficient (Wildman–Crippen LogP) is 8.24. The third-order valence-electron chi connectivity index (χ3n) is 7.72. The second-order valence-electron chi connectivity index (χ2n) is 11.6. The molecule has 1 heterocycles. The average molecular weight is 578 g/mol. The van der Waals surface area contributed by atoms with E-state index in [1.165, 1.54) is 31.2 Å². The minimum Gasteiger partial charge on any atom is -0.345 e. The van der Waals surface area contributed by atoms with Crippen molar-refractivity contribution in [1.82, 2.24) is 14.4 Å². The minimum atomic E-state index is -0.0863. The van der Waals surface area contributed by atoms with Crippen LogP contribution in [0.15, 0.2) is 66.9 Å². The summed E-state index contributed by atoms with van der Waals surface area (Å²) in [6, 6.07) is 19.8. The van der Waals surface area contributed by atoms with Crippen LogP contribution in [0.5, 0.6) is 0 Å².